The molecule has 0 radical (unpaired) electrons. The largest absolute Gasteiger partial charge is 0.462 e. The Morgan fingerprint density at radius 2 is 1.95 bits per heavy atom. The smallest absolute Gasteiger partial charge is 0.338 e. The lowest BCUT2D eigenvalue weighted by Gasteiger charge is -2.06. The van der Waals surface area contributed by atoms with Crippen LogP contribution < -0.4 is 0 Å². The van der Waals surface area contributed by atoms with Crippen molar-refractivity contribution in [3.05, 3.63) is 65.5 Å². The van der Waals surface area contributed by atoms with Crippen molar-refractivity contribution in [2.75, 3.05) is 6.61 Å². The first-order valence-corrected chi connectivity index (χ1v) is 6.91. The average molecular weight is 283 g/mol. The number of aromatic nitrogens is 1. The lowest BCUT2D eigenvalue weighted by molar-refractivity contribution is 0.0498. The predicted molar refractivity (Wildman–Crippen MR) is 79.3 cm³/mol. The van der Waals surface area contributed by atoms with Crippen LogP contribution in [0.15, 0.2) is 48.8 Å². The van der Waals surface area contributed by atoms with Crippen molar-refractivity contribution < 1.29 is 14.3 Å². The van der Waals surface area contributed by atoms with Gasteiger partial charge in [0, 0.05) is 18.0 Å². The summed E-state index contributed by atoms with van der Waals surface area (Å²) in [5.74, 6) is -0.300. The third-order valence-electron chi connectivity index (χ3n) is 3.15. The summed E-state index contributed by atoms with van der Waals surface area (Å²) in [4.78, 5) is 26.6. The first kappa shape index (κ1) is 14.9. The quantitative estimate of drug-likeness (QED) is 0.445. The van der Waals surface area contributed by atoms with Gasteiger partial charge in [-0.15, -0.1) is 0 Å². The summed E-state index contributed by atoms with van der Waals surface area (Å²) >= 11 is 0. The second-order valence-electron chi connectivity index (χ2n) is 4.65. The molecule has 0 amide bonds. The Bertz CT molecular complexity index is 596. The molecule has 1 aromatic heterocycles. The second-order valence-corrected chi connectivity index (χ2v) is 4.65. The SMILES string of the molecule is O=Cc1ccncc1CCCCOC(=O)c1ccccc1. The van der Waals surface area contributed by atoms with Crippen LogP contribution in [0.5, 0.6) is 0 Å². The Labute approximate surface area is 123 Å². The third-order valence-corrected chi connectivity index (χ3v) is 3.15. The molecule has 0 saturated heterocycles. The predicted octanol–water partition coefficient (Wildman–Crippen LogP) is 3.07. The molecule has 2 aromatic rings. The van der Waals surface area contributed by atoms with Crippen LogP contribution in [0.2, 0.25) is 0 Å². The van der Waals surface area contributed by atoms with Crippen LogP contribution in [0.3, 0.4) is 0 Å². The molecule has 21 heavy (non-hydrogen) atoms. The maximum atomic E-state index is 11.7. The van der Waals surface area contributed by atoms with E-state index < -0.39 is 0 Å². The highest BCUT2D eigenvalue weighted by Crippen LogP contribution is 2.09. The summed E-state index contributed by atoms with van der Waals surface area (Å²) < 4.78 is 5.20. The van der Waals surface area contributed by atoms with Crippen molar-refractivity contribution in [1.82, 2.24) is 4.98 Å². The van der Waals surface area contributed by atoms with Crippen molar-refractivity contribution in [3.8, 4) is 0 Å². The van der Waals surface area contributed by atoms with Crippen LogP contribution >= 0.6 is 0 Å². The molecule has 0 unspecified atom stereocenters. The maximum absolute atomic E-state index is 11.7. The fraction of sp³-hybridized carbons (Fsp3) is 0.235. The number of pyridine rings is 1. The maximum Gasteiger partial charge on any atom is 0.338 e. The van der Waals surface area contributed by atoms with Gasteiger partial charge in [-0.1, -0.05) is 18.2 Å². The average Bonchev–Trinajstić information content (AvgIpc) is 2.55. The zero-order valence-corrected chi connectivity index (χ0v) is 11.7. The summed E-state index contributed by atoms with van der Waals surface area (Å²) in [5, 5.41) is 0. The van der Waals surface area contributed by atoms with E-state index in [2.05, 4.69) is 4.98 Å². The number of carbonyl (C=O) groups is 2. The first-order valence-electron chi connectivity index (χ1n) is 6.91. The molecule has 0 N–H and O–H groups in total. The van der Waals surface area contributed by atoms with E-state index in [1.807, 2.05) is 6.07 Å². The van der Waals surface area contributed by atoms with Gasteiger partial charge in [0.15, 0.2) is 0 Å². The molecule has 108 valence electrons. The summed E-state index contributed by atoms with van der Waals surface area (Å²) in [6.45, 7) is 0.379. The Kier molecular flexibility index (Phi) is 5.64. The van der Waals surface area contributed by atoms with E-state index in [0.717, 1.165) is 31.1 Å². The summed E-state index contributed by atoms with van der Waals surface area (Å²) in [7, 11) is 0. The number of esters is 1. The molecule has 0 fully saturated rings. The van der Waals surface area contributed by atoms with Crippen LogP contribution in [0.25, 0.3) is 0 Å². The van der Waals surface area contributed by atoms with E-state index in [0.29, 0.717) is 17.7 Å². The highest BCUT2D eigenvalue weighted by Gasteiger charge is 2.05. The Morgan fingerprint density at radius 1 is 1.14 bits per heavy atom. The number of hydrogen-bond acceptors (Lipinski definition) is 4. The topological polar surface area (TPSA) is 56.3 Å². The minimum absolute atomic E-state index is 0.300. The number of unbranched alkanes of at least 4 members (excludes halogenated alkanes) is 1. The summed E-state index contributed by atoms with van der Waals surface area (Å²) in [6.07, 6.45) is 6.51. The molecule has 0 saturated carbocycles. The Balaban J connectivity index is 1.71. The number of aldehydes is 1. The standard InChI is InChI=1S/C17H17NO3/c19-13-16-9-10-18-12-15(16)8-4-5-11-21-17(20)14-6-2-1-3-7-14/h1-3,6-7,9-10,12-13H,4-5,8,11H2. The van der Waals surface area contributed by atoms with Crippen molar-refractivity contribution in [1.29, 1.82) is 0 Å². The Hall–Kier alpha value is -2.49. The monoisotopic (exact) mass is 283 g/mol. The molecule has 0 bridgehead atoms. The molecule has 1 aromatic carbocycles. The zero-order chi connectivity index (χ0) is 14.9. The molecule has 0 aliphatic rings. The summed E-state index contributed by atoms with van der Waals surface area (Å²) in [5.41, 5.74) is 2.17. The fourth-order valence-electron chi connectivity index (χ4n) is 2.00. The van der Waals surface area contributed by atoms with Gasteiger partial charge in [-0.2, -0.15) is 0 Å². The molecule has 0 spiro atoms. The third kappa shape index (κ3) is 4.53. The van der Waals surface area contributed by atoms with Crippen LogP contribution in [0.4, 0.5) is 0 Å². The molecule has 1 heterocycles. The van der Waals surface area contributed by atoms with Gasteiger partial charge in [-0.05, 0) is 43.0 Å². The molecule has 0 atom stereocenters. The summed E-state index contributed by atoms with van der Waals surface area (Å²) in [6, 6.07) is 10.6. The number of aryl methyl sites for hydroxylation is 1. The fourth-order valence-corrected chi connectivity index (χ4v) is 2.00. The van der Waals surface area contributed by atoms with Gasteiger partial charge in [0.05, 0.1) is 12.2 Å². The zero-order valence-electron chi connectivity index (χ0n) is 11.7. The van der Waals surface area contributed by atoms with E-state index in [9.17, 15) is 9.59 Å². The van der Waals surface area contributed by atoms with Crippen LogP contribution in [-0.2, 0) is 11.2 Å². The number of nitrogens with zero attached hydrogens (tertiary/aromatic N) is 1. The number of benzene rings is 1. The first-order chi connectivity index (χ1) is 10.3. The van der Waals surface area contributed by atoms with Gasteiger partial charge in [-0.3, -0.25) is 9.78 Å². The number of ether oxygens (including phenoxy) is 1. The molecule has 4 heteroatoms. The van der Waals surface area contributed by atoms with Crippen molar-refractivity contribution in [2.24, 2.45) is 0 Å². The van der Waals surface area contributed by atoms with Gasteiger partial charge in [0.25, 0.3) is 0 Å². The van der Waals surface area contributed by atoms with Gasteiger partial charge < -0.3 is 4.74 Å². The van der Waals surface area contributed by atoms with Gasteiger partial charge in [0.1, 0.15) is 6.29 Å². The molecule has 2 rings (SSSR count). The minimum Gasteiger partial charge on any atom is -0.462 e. The minimum atomic E-state index is -0.300. The van der Waals surface area contributed by atoms with E-state index in [1.54, 1.807) is 42.7 Å². The molecular weight excluding hydrogens is 266 g/mol. The van der Waals surface area contributed by atoms with Crippen LogP contribution in [-0.4, -0.2) is 23.8 Å². The van der Waals surface area contributed by atoms with Gasteiger partial charge in [-0.25, -0.2) is 4.79 Å². The van der Waals surface area contributed by atoms with Crippen LogP contribution in [0.1, 0.15) is 39.1 Å². The Morgan fingerprint density at radius 3 is 2.71 bits per heavy atom. The van der Waals surface area contributed by atoms with E-state index >= 15 is 0 Å². The molecule has 0 aliphatic heterocycles. The van der Waals surface area contributed by atoms with Crippen molar-refractivity contribution >= 4 is 12.3 Å². The molecule has 4 nitrogen and oxygen atoms in total. The number of hydrogen-bond donors (Lipinski definition) is 0. The van der Waals surface area contributed by atoms with Crippen molar-refractivity contribution in [2.45, 2.75) is 19.3 Å². The second kappa shape index (κ2) is 7.94. The van der Waals surface area contributed by atoms with Gasteiger partial charge in [0.2, 0.25) is 0 Å². The molecular formula is C17H17NO3. The number of carbonyl (C=O) groups excluding carboxylic acids is 2. The highest BCUT2D eigenvalue weighted by molar-refractivity contribution is 5.89. The van der Waals surface area contributed by atoms with Crippen LogP contribution in [0, 0.1) is 0 Å². The normalized spacial score (nSPS) is 10.1. The number of rotatable bonds is 7. The van der Waals surface area contributed by atoms with E-state index in [4.69, 9.17) is 4.74 Å². The highest BCUT2D eigenvalue weighted by atomic mass is 16.5. The van der Waals surface area contributed by atoms with E-state index in [-0.39, 0.29) is 5.97 Å². The molecule has 0 aliphatic carbocycles. The lowest BCUT2D eigenvalue weighted by Crippen LogP contribution is -2.06. The lowest BCUT2D eigenvalue weighted by atomic mass is 10.1. The van der Waals surface area contributed by atoms with E-state index in [1.165, 1.54) is 0 Å². The van der Waals surface area contributed by atoms with Crippen molar-refractivity contribution in [3.63, 3.8) is 0 Å². The van der Waals surface area contributed by atoms with Gasteiger partial charge >= 0.3 is 5.97 Å².